The summed E-state index contributed by atoms with van der Waals surface area (Å²) in [6, 6.07) is 0. The predicted octanol–water partition coefficient (Wildman–Crippen LogP) is 4.24. The van der Waals surface area contributed by atoms with Crippen LogP contribution in [0.2, 0.25) is 0 Å². The molecule has 330 valence electrons. The Labute approximate surface area is 349 Å². The first-order chi connectivity index (χ1) is 25.6. The first kappa shape index (κ1) is 67.3. The van der Waals surface area contributed by atoms with Gasteiger partial charge < -0.3 is 59.4 Å². The number of hydrogen-bond acceptors (Lipinski definition) is 12. The quantitative estimate of drug-likeness (QED) is 0.0728. The number of unbranched alkanes of at least 4 members (excludes halogenated alkanes) is 18. The van der Waals surface area contributed by atoms with Crippen LogP contribution in [0.4, 0.5) is 0 Å². The molecule has 0 aromatic carbocycles. The van der Waals surface area contributed by atoms with Crippen LogP contribution in [0.5, 0.6) is 0 Å². The molecule has 0 fully saturated rings. The van der Waals surface area contributed by atoms with Gasteiger partial charge >= 0.3 is 0 Å². The number of hydrogen-bond donors (Lipinski definition) is 0. The van der Waals surface area contributed by atoms with Crippen LogP contribution in [0.15, 0.2) is 0 Å². The summed E-state index contributed by atoms with van der Waals surface area (Å²) in [7, 11) is 0. The van der Waals surface area contributed by atoms with Gasteiger partial charge in [0.1, 0.15) is 0 Å². The fourth-order valence-electron chi connectivity index (χ4n) is 4.18. The number of carboxylic acids is 6. The van der Waals surface area contributed by atoms with Crippen LogP contribution in [0.1, 0.15) is 234 Å². The molecule has 0 saturated heterocycles. The van der Waals surface area contributed by atoms with E-state index in [1.54, 1.807) is 0 Å². The van der Waals surface area contributed by atoms with Gasteiger partial charge in [0, 0.05) is 56.9 Å². The zero-order chi connectivity index (χ0) is 42.7. The molecule has 0 aromatic heterocycles. The third-order valence-corrected chi connectivity index (χ3v) is 7.41. The van der Waals surface area contributed by atoms with Crippen molar-refractivity contribution >= 4 is 35.8 Å². The van der Waals surface area contributed by atoms with Gasteiger partial charge in [-0.25, -0.2) is 0 Å². The van der Waals surface area contributed by atoms with Crippen molar-refractivity contribution in [3.8, 4) is 0 Å². The number of carbonyl (C=O) groups is 6. The topological polar surface area (TPSA) is 241 Å². The molecule has 0 saturated carbocycles. The summed E-state index contributed by atoms with van der Waals surface area (Å²) in [5.41, 5.74) is 0. The average Bonchev–Trinajstić information content (AvgIpc) is 3.10. The molecule has 0 rings (SSSR count). The van der Waals surface area contributed by atoms with Crippen molar-refractivity contribution in [3.05, 3.63) is 0 Å². The van der Waals surface area contributed by atoms with E-state index < -0.39 is 35.8 Å². The second-order valence-electron chi connectivity index (χ2n) is 13.1. The molecule has 55 heavy (non-hydrogen) atoms. The van der Waals surface area contributed by atoms with E-state index in [1.165, 1.54) is 0 Å². The van der Waals surface area contributed by atoms with Gasteiger partial charge in [-0.3, -0.25) is 0 Å². The minimum Gasteiger partial charge on any atom is -0.550 e. The molecular weight excluding hydrogens is 792 g/mol. The van der Waals surface area contributed by atoms with E-state index in [4.69, 9.17) is 0 Å². The van der Waals surface area contributed by atoms with Gasteiger partial charge in [0.2, 0.25) is 0 Å². The van der Waals surface area contributed by atoms with E-state index in [2.05, 4.69) is 41.5 Å². The fraction of sp³-hybridized carbons (Fsp3) is 0.857. The van der Waals surface area contributed by atoms with Crippen molar-refractivity contribution in [1.29, 1.82) is 0 Å². The molecule has 0 heterocycles. The Kier molecular flexibility index (Phi) is 77.6. The Morgan fingerprint density at radius 2 is 0.345 bits per heavy atom. The van der Waals surface area contributed by atoms with Gasteiger partial charge in [-0.2, -0.15) is 0 Å². The fourth-order valence-corrected chi connectivity index (χ4v) is 4.18. The number of carbonyl (C=O) groups excluding carboxylic acids is 6. The third kappa shape index (κ3) is 112. The first-order valence-corrected chi connectivity index (χ1v) is 20.8. The van der Waals surface area contributed by atoms with Crippen molar-refractivity contribution in [2.24, 2.45) is 0 Å². The van der Waals surface area contributed by atoms with Gasteiger partial charge in [0.25, 0.3) is 0 Å². The minimum absolute atomic E-state index is 0. The van der Waals surface area contributed by atoms with Gasteiger partial charge in [0.15, 0.2) is 0 Å². The molecule has 13 heteroatoms. The maximum atomic E-state index is 9.85. The molecule has 0 aliphatic carbocycles. The molecule has 12 nitrogen and oxygen atoms in total. The van der Waals surface area contributed by atoms with E-state index in [0.717, 1.165) is 154 Å². The minimum atomic E-state index is -0.925. The van der Waals surface area contributed by atoms with E-state index in [1.807, 2.05) is 0 Å². The van der Waals surface area contributed by atoms with E-state index in [9.17, 15) is 59.4 Å². The molecule has 0 N–H and O–H groups in total. The van der Waals surface area contributed by atoms with Gasteiger partial charge in [-0.05, 0) is 77.0 Å². The van der Waals surface area contributed by atoms with Crippen LogP contribution in [0.3, 0.4) is 0 Å². The van der Waals surface area contributed by atoms with Crippen LogP contribution in [-0.4, -0.2) is 35.8 Å². The Morgan fingerprint density at radius 1 is 0.236 bits per heavy atom. The number of aliphatic carboxylic acids is 6. The maximum absolute atomic E-state index is 9.85. The molecule has 0 bridgehead atoms. The van der Waals surface area contributed by atoms with Crippen molar-refractivity contribution in [2.75, 3.05) is 0 Å². The third-order valence-electron chi connectivity index (χ3n) is 7.41. The second-order valence-corrected chi connectivity index (χ2v) is 13.1. The average molecular weight is 871 g/mol. The van der Waals surface area contributed by atoms with E-state index in [-0.39, 0.29) is 59.6 Å². The van der Waals surface area contributed by atoms with Crippen LogP contribution < -0.4 is 30.6 Å². The van der Waals surface area contributed by atoms with Gasteiger partial charge in [-0.15, -0.1) is 0 Å². The first-order valence-electron chi connectivity index (χ1n) is 20.8. The van der Waals surface area contributed by atoms with Gasteiger partial charge in [-0.1, -0.05) is 157 Å². The van der Waals surface area contributed by atoms with Crippen molar-refractivity contribution < 1.29 is 80.5 Å². The monoisotopic (exact) mass is 872 g/mol. The van der Waals surface area contributed by atoms with E-state index in [0.29, 0.717) is 0 Å². The Balaban J connectivity index is -0.000000100. The van der Waals surface area contributed by atoms with Crippen LogP contribution >= 0.6 is 0 Å². The Bertz CT molecular complexity index is 652. The summed E-state index contributed by atoms with van der Waals surface area (Å²) in [6.07, 6.45) is 25.8. The van der Waals surface area contributed by atoms with Crippen LogP contribution in [-0.2, 0) is 49.8 Å². The molecule has 0 aromatic rings. The standard InChI is InChI=1S/6C7H14O2.Mo/c6*1-2-3-4-5-6-7(8)9;/h6*2-6H2,1H3,(H,8,9);/p-6. The number of rotatable bonds is 30. The Hall–Kier alpha value is -2.49. The van der Waals surface area contributed by atoms with Crippen LogP contribution in [0, 0.1) is 0 Å². The van der Waals surface area contributed by atoms with Gasteiger partial charge in [0.05, 0.1) is 0 Å². The summed E-state index contributed by atoms with van der Waals surface area (Å²) in [5.74, 6) is -5.55. The van der Waals surface area contributed by atoms with Crippen LogP contribution in [0.25, 0.3) is 0 Å². The molecular formula is C42H78MoO12-6. The van der Waals surface area contributed by atoms with Crippen molar-refractivity contribution in [1.82, 2.24) is 0 Å². The zero-order valence-corrected chi connectivity index (χ0v) is 37.5. The summed E-state index contributed by atoms with van der Waals surface area (Å²) < 4.78 is 0. The molecule has 0 radical (unpaired) electrons. The molecule has 0 aliphatic heterocycles. The molecule has 0 unspecified atom stereocenters. The number of carboxylic acid groups (broad SMARTS) is 6. The zero-order valence-electron chi connectivity index (χ0n) is 35.5. The largest absolute Gasteiger partial charge is 0.550 e. The molecule has 0 amide bonds. The molecule has 0 atom stereocenters. The Morgan fingerprint density at radius 3 is 0.418 bits per heavy atom. The smallest absolute Gasteiger partial charge is 0.0414 e. The summed E-state index contributed by atoms with van der Waals surface area (Å²) in [5, 5.41) is 59.1. The summed E-state index contributed by atoms with van der Waals surface area (Å²) in [4.78, 5) is 59.1. The molecule has 0 aliphatic rings. The molecule has 0 spiro atoms. The normalized spacial score (nSPS) is 9.27. The summed E-state index contributed by atoms with van der Waals surface area (Å²) >= 11 is 0. The summed E-state index contributed by atoms with van der Waals surface area (Å²) in [6.45, 7) is 12.6. The second kappa shape index (κ2) is 63.4. The van der Waals surface area contributed by atoms with Crippen molar-refractivity contribution in [3.63, 3.8) is 0 Å². The van der Waals surface area contributed by atoms with E-state index >= 15 is 0 Å². The SMILES string of the molecule is CCCCCCC(=O)[O-].CCCCCCC(=O)[O-].CCCCCCC(=O)[O-].CCCCCCC(=O)[O-].CCCCCCC(=O)[O-].CCCCCCC(=O)[O-].[Mo]. The maximum Gasteiger partial charge on any atom is 0.0414 e. The predicted molar refractivity (Wildman–Crippen MR) is 203 cm³/mol. The van der Waals surface area contributed by atoms with Crippen molar-refractivity contribution in [2.45, 2.75) is 234 Å².